The Hall–Kier alpha value is -2.70. The van der Waals surface area contributed by atoms with Crippen LogP contribution >= 0.6 is 0 Å². The average Bonchev–Trinajstić information content (AvgIpc) is 3.02. The molecular formula is C17H22N6O. The number of aromatic nitrogens is 3. The van der Waals surface area contributed by atoms with Crippen molar-refractivity contribution in [1.82, 2.24) is 15.0 Å². The largest absolute Gasteiger partial charge is 0.361 e. The molecule has 1 N–H and O–H groups in total. The van der Waals surface area contributed by atoms with Gasteiger partial charge < -0.3 is 15.1 Å². The van der Waals surface area contributed by atoms with Crippen LogP contribution in [0.3, 0.4) is 0 Å². The zero-order valence-corrected chi connectivity index (χ0v) is 14.2. The van der Waals surface area contributed by atoms with Gasteiger partial charge in [-0.25, -0.2) is 15.0 Å². The molecule has 1 aliphatic heterocycles. The molecule has 1 atom stereocenters. The van der Waals surface area contributed by atoms with Gasteiger partial charge in [-0.1, -0.05) is 6.92 Å². The second-order valence-electron chi connectivity index (χ2n) is 6.35. The van der Waals surface area contributed by atoms with Gasteiger partial charge in [0.1, 0.15) is 17.8 Å². The van der Waals surface area contributed by atoms with Crippen molar-refractivity contribution in [2.24, 2.45) is 5.92 Å². The minimum absolute atomic E-state index is 0.191. The smallest absolute Gasteiger partial charge is 0.255 e. The molecule has 3 heterocycles. The lowest BCUT2D eigenvalue weighted by atomic mass is 10.2. The van der Waals surface area contributed by atoms with Gasteiger partial charge in [0.2, 0.25) is 0 Å². The molecule has 0 spiro atoms. The molecular weight excluding hydrogens is 304 g/mol. The molecule has 0 radical (unpaired) electrons. The van der Waals surface area contributed by atoms with Gasteiger partial charge in [-0.15, -0.1) is 0 Å². The Morgan fingerprint density at radius 3 is 2.92 bits per heavy atom. The maximum atomic E-state index is 12.6. The summed E-state index contributed by atoms with van der Waals surface area (Å²) in [7, 11) is 3.74. The molecule has 0 aliphatic carbocycles. The van der Waals surface area contributed by atoms with Crippen molar-refractivity contribution in [3.05, 3.63) is 36.4 Å². The van der Waals surface area contributed by atoms with Crippen LogP contribution in [0.1, 0.15) is 23.7 Å². The number of rotatable bonds is 4. The first-order chi connectivity index (χ1) is 11.5. The molecule has 1 amide bonds. The van der Waals surface area contributed by atoms with E-state index in [0.29, 0.717) is 23.0 Å². The van der Waals surface area contributed by atoms with E-state index in [0.717, 1.165) is 25.3 Å². The maximum Gasteiger partial charge on any atom is 0.255 e. The lowest BCUT2D eigenvalue weighted by Crippen LogP contribution is -2.22. The number of hydrogen-bond donors (Lipinski definition) is 1. The van der Waals surface area contributed by atoms with Gasteiger partial charge in [-0.2, -0.15) is 0 Å². The molecule has 24 heavy (non-hydrogen) atoms. The van der Waals surface area contributed by atoms with Gasteiger partial charge in [0, 0.05) is 38.9 Å². The number of hydrogen-bond acceptors (Lipinski definition) is 6. The highest BCUT2D eigenvalue weighted by Crippen LogP contribution is 2.23. The number of pyridine rings is 1. The molecule has 7 nitrogen and oxygen atoms in total. The van der Waals surface area contributed by atoms with Crippen LogP contribution in [-0.4, -0.2) is 48.0 Å². The van der Waals surface area contributed by atoms with E-state index in [4.69, 9.17) is 0 Å². The van der Waals surface area contributed by atoms with Gasteiger partial charge in [0.25, 0.3) is 5.91 Å². The summed E-state index contributed by atoms with van der Waals surface area (Å²) in [5.41, 5.74) is 1.16. The first-order valence-electron chi connectivity index (χ1n) is 8.04. The summed E-state index contributed by atoms with van der Waals surface area (Å²) in [6.45, 7) is 4.20. The quantitative estimate of drug-likeness (QED) is 0.927. The number of carbonyl (C=O) groups excluding carboxylic acids is 1. The van der Waals surface area contributed by atoms with Gasteiger partial charge in [0.05, 0.1) is 6.20 Å². The second-order valence-corrected chi connectivity index (χ2v) is 6.35. The third-order valence-electron chi connectivity index (χ3n) is 4.12. The van der Waals surface area contributed by atoms with Crippen LogP contribution in [0, 0.1) is 5.92 Å². The summed E-state index contributed by atoms with van der Waals surface area (Å²) >= 11 is 0. The topological polar surface area (TPSA) is 74.2 Å². The van der Waals surface area contributed by atoms with Crippen molar-refractivity contribution in [1.29, 1.82) is 0 Å². The SMILES string of the molecule is CC1CCN(c2cc(C(=O)Nc3cncnc3N(C)C)ccn2)C1. The molecule has 2 aromatic rings. The lowest BCUT2D eigenvalue weighted by molar-refractivity contribution is 0.102. The van der Waals surface area contributed by atoms with Crippen LogP contribution in [0.15, 0.2) is 30.9 Å². The minimum Gasteiger partial charge on any atom is -0.361 e. The van der Waals surface area contributed by atoms with E-state index in [9.17, 15) is 4.79 Å². The highest BCUT2D eigenvalue weighted by molar-refractivity contribution is 6.05. The fraction of sp³-hybridized carbons (Fsp3) is 0.412. The highest BCUT2D eigenvalue weighted by Gasteiger charge is 2.21. The normalized spacial score (nSPS) is 17.0. The Morgan fingerprint density at radius 2 is 2.21 bits per heavy atom. The van der Waals surface area contributed by atoms with Crippen LogP contribution < -0.4 is 15.1 Å². The molecule has 1 unspecified atom stereocenters. The molecule has 2 aromatic heterocycles. The average molecular weight is 326 g/mol. The monoisotopic (exact) mass is 326 g/mol. The van der Waals surface area contributed by atoms with E-state index in [1.54, 1.807) is 18.5 Å². The summed E-state index contributed by atoms with van der Waals surface area (Å²) in [5, 5.41) is 2.88. The molecule has 0 aromatic carbocycles. The standard InChI is InChI=1S/C17H22N6O/c1-12-5-7-23(10-12)15-8-13(4-6-19-15)17(24)21-14-9-18-11-20-16(14)22(2)3/h4,6,8-9,11-12H,5,7,10H2,1-3H3,(H,21,24). The summed E-state index contributed by atoms with van der Waals surface area (Å²) < 4.78 is 0. The summed E-state index contributed by atoms with van der Waals surface area (Å²) in [4.78, 5) is 29.2. The third kappa shape index (κ3) is 3.45. The summed E-state index contributed by atoms with van der Waals surface area (Å²) in [6.07, 6.45) is 5.90. The lowest BCUT2D eigenvalue weighted by Gasteiger charge is -2.18. The number of carbonyl (C=O) groups is 1. The molecule has 0 saturated carbocycles. The maximum absolute atomic E-state index is 12.6. The Balaban J connectivity index is 1.79. The Bertz CT molecular complexity index is 733. The summed E-state index contributed by atoms with van der Waals surface area (Å²) in [5.74, 6) is 1.99. The van der Waals surface area contributed by atoms with Crippen molar-refractivity contribution < 1.29 is 4.79 Å². The Morgan fingerprint density at radius 1 is 1.38 bits per heavy atom. The van der Waals surface area contributed by atoms with E-state index in [1.165, 1.54) is 6.33 Å². The van der Waals surface area contributed by atoms with E-state index < -0.39 is 0 Å². The van der Waals surface area contributed by atoms with Crippen LogP contribution in [0.4, 0.5) is 17.3 Å². The number of anilines is 3. The second kappa shape index (κ2) is 6.82. The van der Waals surface area contributed by atoms with Gasteiger partial charge in [0.15, 0.2) is 5.82 Å². The fourth-order valence-corrected chi connectivity index (χ4v) is 2.84. The summed E-state index contributed by atoms with van der Waals surface area (Å²) in [6, 6.07) is 3.56. The predicted octanol–water partition coefficient (Wildman–Crippen LogP) is 2.04. The first-order valence-corrected chi connectivity index (χ1v) is 8.04. The molecule has 0 bridgehead atoms. The van der Waals surface area contributed by atoms with E-state index in [2.05, 4.69) is 32.1 Å². The predicted molar refractivity (Wildman–Crippen MR) is 94.5 cm³/mol. The van der Waals surface area contributed by atoms with E-state index in [-0.39, 0.29) is 5.91 Å². The minimum atomic E-state index is -0.191. The number of nitrogens with zero attached hydrogens (tertiary/aromatic N) is 5. The van der Waals surface area contributed by atoms with Crippen molar-refractivity contribution in [2.75, 3.05) is 42.3 Å². The molecule has 1 saturated heterocycles. The van der Waals surface area contributed by atoms with Crippen LogP contribution in [0.5, 0.6) is 0 Å². The van der Waals surface area contributed by atoms with Crippen molar-refractivity contribution in [3.63, 3.8) is 0 Å². The number of amides is 1. The zero-order valence-electron chi connectivity index (χ0n) is 14.2. The van der Waals surface area contributed by atoms with E-state index in [1.807, 2.05) is 25.1 Å². The third-order valence-corrected chi connectivity index (χ3v) is 4.12. The van der Waals surface area contributed by atoms with Gasteiger partial charge in [-0.05, 0) is 24.5 Å². The molecule has 126 valence electrons. The van der Waals surface area contributed by atoms with Gasteiger partial charge in [-0.3, -0.25) is 4.79 Å². The van der Waals surface area contributed by atoms with Crippen molar-refractivity contribution in [2.45, 2.75) is 13.3 Å². The van der Waals surface area contributed by atoms with Crippen molar-refractivity contribution in [3.8, 4) is 0 Å². The van der Waals surface area contributed by atoms with Crippen molar-refractivity contribution >= 4 is 23.2 Å². The Kier molecular flexibility index (Phi) is 4.59. The fourth-order valence-electron chi connectivity index (χ4n) is 2.84. The van der Waals surface area contributed by atoms with Gasteiger partial charge >= 0.3 is 0 Å². The molecule has 7 heteroatoms. The van der Waals surface area contributed by atoms with Crippen LogP contribution in [0.25, 0.3) is 0 Å². The highest BCUT2D eigenvalue weighted by atomic mass is 16.1. The van der Waals surface area contributed by atoms with E-state index >= 15 is 0 Å². The Labute approximate surface area is 141 Å². The number of nitrogens with one attached hydrogen (secondary N) is 1. The molecule has 1 aliphatic rings. The van der Waals surface area contributed by atoms with Crippen LogP contribution in [-0.2, 0) is 0 Å². The van der Waals surface area contributed by atoms with Crippen LogP contribution in [0.2, 0.25) is 0 Å². The first kappa shape index (κ1) is 16.2. The molecule has 1 fully saturated rings. The molecule has 3 rings (SSSR count). The zero-order chi connectivity index (χ0) is 17.1.